The van der Waals surface area contributed by atoms with E-state index >= 15 is 0 Å². The average Bonchev–Trinajstić information content (AvgIpc) is 3.09. The quantitative estimate of drug-likeness (QED) is 0.642. The van der Waals surface area contributed by atoms with Gasteiger partial charge in [-0.2, -0.15) is 0 Å². The molecule has 1 aromatic carbocycles. The fraction of sp³-hybridized carbons (Fsp3) is 0.294. The van der Waals surface area contributed by atoms with Gasteiger partial charge in [0.1, 0.15) is 6.26 Å². The van der Waals surface area contributed by atoms with E-state index in [4.69, 9.17) is 9.52 Å². The second kappa shape index (κ2) is 8.15. The Labute approximate surface area is 151 Å². The van der Waals surface area contributed by atoms with Gasteiger partial charge in [-0.1, -0.05) is 26.0 Å². The highest BCUT2D eigenvalue weighted by Gasteiger charge is 2.16. The van der Waals surface area contributed by atoms with Gasteiger partial charge in [0.15, 0.2) is 5.76 Å². The highest BCUT2D eigenvalue weighted by atomic mass is 32.2. The Bertz CT molecular complexity index is 884. The van der Waals surface area contributed by atoms with Crippen LogP contribution in [0.5, 0.6) is 0 Å². The van der Waals surface area contributed by atoms with Crippen LogP contribution in [0, 0.1) is 5.92 Å². The second-order valence-electron chi connectivity index (χ2n) is 6.08. The van der Waals surface area contributed by atoms with Gasteiger partial charge in [-0.05, 0) is 23.6 Å². The van der Waals surface area contributed by atoms with Crippen molar-refractivity contribution in [3.05, 3.63) is 53.5 Å². The van der Waals surface area contributed by atoms with Gasteiger partial charge in [0.25, 0.3) is 5.91 Å². The van der Waals surface area contributed by atoms with Crippen LogP contribution in [-0.4, -0.2) is 31.9 Å². The summed E-state index contributed by atoms with van der Waals surface area (Å²) in [5.74, 6) is -1.66. The molecule has 140 valence electrons. The molecule has 0 atom stereocenters. The molecule has 0 aliphatic rings. The maximum absolute atomic E-state index is 12.1. The zero-order chi connectivity index (χ0) is 19.3. The lowest BCUT2D eigenvalue weighted by molar-refractivity contribution is 0.0695. The highest BCUT2D eigenvalue weighted by molar-refractivity contribution is 7.89. The largest absolute Gasteiger partial charge is 0.478 e. The Kier molecular flexibility index (Phi) is 6.17. The molecule has 1 aromatic heterocycles. The van der Waals surface area contributed by atoms with Crippen molar-refractivity contribution in [2.45, 2.75) is 25.3 Å². The van der Waals surface area contributed by atoms with Crippen LogP contribution in [0.15, 0.2) is 45.9 Å². The molecule has 0 unspecified atom stereocenters. The molecule has 0 bridgehead atoms. The number of carboxylic acids is 1. The summed E-state index contributed by atoms with van der Waals surface area (Å²) in [7, 11) is -3.56. The number of furan rings is 1. The molecule has 3 N–H and O–H groups in total. The van der Waals surface area contributed by atoms with Crippen molar-refractivity contribution in [2.75, 3.05) is 6.54 Å². The van der Waals surface area contributed by atoms with Gasteiger partial charge < -0.3 is 14.8 Å². The lowest BCUT2D eigenvalue weighted by Gasteiger charge is -2.09. The van der Waals surface area contributed by atoms with Crippen molar-refractivity contribution in [1.82, 2.24) is 10.0 Å². The third-order valence-corrected chi connectivity index (χ3v) is 4.88. The summed E-state index contributed by atoms with van der Waals surface area (Å²) in [6.45, 7) is 4.31. The van der Waals surface area contributed by atoms with Crippen LogP contribution < -0.4 is 10.0 Å². The first-order valence-electron chi connectivity index (χ1n) is 7.87. The molecular formula is C17H20N2O6S. The lowest BCUT2D eigenvalue weighted by Crippen LogP contribution is -2.27. The molecule has 2 aromatic rings. The number of benzene rings is 1. The average molecular weight is 380 g/mol. The smallest absolute Gasteiger partial charge is 0.338 e. The predicted octanol–water partition coefficient (Wildman–Crippen LogP) is 1.84. The van der Waals surface area contributed by atoms with E-state index < -0.39 is 21.9 Å². The molecule has 0 aliphatic heterocycles. The number of nitrogens with one attached hydrogen (secondary N) is 2. The zero-order valence-corrected chi connectivity index (χ0v) is 15.2. The van der Waals surface area contributed by atoms with Crippen molar-refractivity contribution >= 4 is 21.9 Å². The van der Waals surface area contributed by atoms with E-state index in [0.29, 0.717) is 12.1 Å². The molecule has 2 rings (SSSR count). The SMILES string of the molecule is CC(C)CNS(=O)(=O)c1ccc(CNC(=O)c2cc(C(=O)O)co2)cc1. The van der Waals surface area contributed by atoms with Crippen molar-refractivity contribution in [1.29, 1.82) is 0 Å². The van der Waals surface area contributed by atoms with Crippen LogP contribution in [-0.2, 0) is 16.6 Å². The number of carbonyl (C=O) groups is 2. The fourth-order valence-corrected chi connectivity index (χ4v) is 3.20. The van der Waals surface area contributed by atoms with E-state index in [2.05, 4.69) is 10.0 Å². The summed E-state index contributed by atoms with van der Waals surface area (Å²) in [5.41, 5.74) is 0.574. The summed E-state index contributed by atoms with van der Waals surface area (Å²) < 4.78 is 31.7. The number of rotatable bonds is 8. The van der Waals surface area contributed by atoms with Gasteiger partial charge >= 0.3 is 5.97 Å². The number of carbonyl (C=O) groups excluding carboxylic acids is 1. The highest BCUT2D eigenvalue weighted by Crippen LogP contribution is 2.12. The third-order valence-electron chi connectivity index (χ3n) is 3.44. The van der Waals surface area contributed by atoms with Crippen molar-refractivity contribution < 1.29 is 27.5 Å². The topological polar surface area (TPSA) is 126 Å². The minimum Gasteiger partial charge on any atom is -0.478 e. The first-order chi connectivity index (χ1) is 12.2. The molecule has 0 saturated heterocycles. The Balaban J connectivity index is 1.96. The van der Waals surface area contributed by atoms with Gasteiger partial charge in [-0.3, -0.25) is 4.79 Å². The first kappa shape index (κ1) is 19.7. The van der Waals surface area contributed by atoms with Crippen molar-refractivity contribution in [3.8, 4) is 0 Å². The van der Waals surface area contributed by atoms with Gasteiger partial charge in [0, 0.05) is 19.2 Å². The predicted molar refractivity (Wildman–Crippen MR) is 93.3 cm³/mol. The number of aromatic carboxylic acids is 1. The number of sulfonamides is 1. The molecule has 1 amide bonds. The maximum atomic E-state index is 12.1. The molecule has 0 saturated carbocycles. The molecule has 0 aliphatic carbocycles. The fourth-order valence-electron chi connectivity index (χ4n) is 1.98. The molecule has 0 spiro atoms. The minimum atomic E-state index is -3.56. The third kappa shape index (κ3) is 5.17. The normalized spacial score (nSPS) is 11.5. The van der Waals surface area contributed by atoms with Gasteiger partial charge in [0.05, 0.1) is 10.5 Å². The van der Waals surface area contributed by atoms with Crippen molar-refractivity contribution in [2.24, 2.45) is 5.92 Å². The molecular weight excluding hydrogens is 360 g/mol. The number of carboxylic acid groups (broad SMARTS) is 1. The standard InChI is InChI=1S/C17H20N2O6S/c1-11(2)8-19-26(23,24)14-5-3-12(4-6-14)9-18-16(20)15-7-13(10-25-15)17(21)22/h3-7,10-11,19H,8-9H2,1-2H3,(H,18,20)(H,21,22). The molecule has 1 heterocycles. The number of amides is 1. The van der Waals surface area contributed by atoms with E-state index in [1.54, 1.807) is 12.1 Å². The zero-order valence-electron chi connectivity index (χ0n) is 14.4. The van der Waals surface area contributed by atoms with Crippen LogP contribution in [0.4, 0.5) is 0 Å². The van der Waals surface area contributed by atoms with Crippen LogP contribution in [0.25, 0.3) is 0 Å². The van der Waals surface area contributed by atoms with Crippen LogP contribution in [0.2, 0.25) is 0 Å². The van der Waals surface area contributed by atoms with E-state index in [1.807, 2.05) is 13.8 Å². The van der Waals surface area contributed by atoms with Crippen LogP contribution in [0.1, 0.15) is 40.3 Å². The van der Waals surface area contributed by atoms with Gasteiger partial charge in [-0.25, -0.2) is 17.9 Å². The van der Waals surface area contributed by atoms with E-state index in [0.717, 1.165) is 12.3 Å². The van der Waals surface area contributed by atoms with Gasteiger partial charge in [0.2, 0.25) is 10.0 Å². The Morgan fingerprint density at radius 3 is 2.38 bits per heavy atom. The monoisotopic (exact) mass is 380 g/mol. The molecule has 0 radical (unpaired) electrons. The van der Waals surface area contributed by atoms with E-state index in [-0.39, 0.29) is 28.7 Å². The Hall–Kier alpha value is -2.65. The van der Waals surface area contributed by atoms with E-state index in [1.165, 1.54) is 12.1 Å². The summed E-state index contributed by atoms with van der Waals surface area (Å²) >= 11 is 0. The number of hydrogen-bond acceptors (Lipinski definition) is 5. The van der Waals surface area contributed by atoms with Crippen molar-refractivity contribution in [3.63, 3.8) is 0 Å². The minimum absolute atomic E-state index is 0.112. The molecule has 8 nitrogen and oxygen atoms in total. The van der Waals surface area contributed by atoms with Crippen LogP contribution >= 0.6 is 0 Å². The summed E-state index contributed by atoms with van der Waals surface area (Å²) in [6.07, 6.45) is 0.987. The lowest BCUT2D eigenvalue weighted by atomic mass is 10.2. The van der Waals surface area contributed by atoms with Gasteiger partial charge in [-0.15, -0.1) is 0 Å². The summed E-state index contributed by atoms with van der Waals surface area (Å²) in [5, 5.41) is 11.4. The number of hydrogen-bond donors (Lipinski definition) is 3. The van der Waals surface area contributed by atoms with E-state index in [9.17, 15) is 18.0 Å². The first-order valence-corrected chi connectivity index (χ1v) is 9.36. The summed E-state index contributed by atoms with van der Waals surface area (Å²) in [6, 6.07) is 7.23. The van der Waals surface area contributed by atoms with Crippen LogP contribution in [0.3, 0.4) is 0 Å². The molecule has 9 heteroatoms. The Morgan fingerprint density at radius 1 is 1.19 bits per heavy atom. The second-order valence-corrected chi connectivity index (χ2v) is 7.84. The maximum Gasteiger partial charge on any atom is 0.338 e. The molecule has 0 fully saturated rings. The molecule has 26 heavy (non-hydrogen) atoms. The summed E-state index contributed by atoms with van der Waals surface area (Å²) in [4.78, 5) is 22.8. The Morgan fingerprint density at radius 2 is 1.85 bits per heavy atom.